The molecule has 1 aromatic heterocycles. The minimum absolute atomic E-state index is 0.0291. The number of anilines is 1. The van der Waals surface area contributed by atoms with Gasteiger partial charge in [-0.3, -0.25) is 24.7 Å². The van der Waals surface area contributed by atoms with E-state index in [2.05, 4.69) is 26.2 Å². The fraction of sp³-hybridized carbons (Fsp3) is 0.692. The Balaban J connectivity index is 1.23. The second-order valence-corrected chi connectivity index (χ2v) is 11.0. The van der Waals surface area contributed by atoms with Crippen molar-refractivity contribution in [3.8, 4) is 0 Å². The van der Waals surface area contributed by atoms with Crippen LogP contribution < -0.4 is 10.2 Å². The van der Waals surface area contributed by atoms with Crippen LogP contribution in [0.3, 0.4) is 0 Å². The van der Waals surface area contributed by atoms with Gasteiger partial charge in [0.25, 0.3) is 0 Å². The zero-order valence-corrected chi connectivity index (χ0v) is 20.7. The van der Waals surface area contributed by atoms with Gasteiger partial charge in [-0.05, 0) is 83.5 Å². The van der Waals surface area contributed by atoms with Crippen molar-refractivity contribution in [2.75, 3.05) is 37.6 Å². The van der Waals surface area contributed by atoms with E-state index in [9.17, 15) is 14.4 Å². The van der Waals surface area contributed by atoms with E-state index in [-0.39, 0.29) is 29.6 Å². The second kappa shape index (κ2) is 10.4. The molecule has 34 heavy (non-hydrogen) atoms. The Morgan fingerprint density at radius 3 is 2.41 bits per heavy atom. The molecule has 2 amide bonds. The summed E-state index contributed by atoms with van der Waals surface area (Å²) in [6.45, 7) is 10.7. The zero-order valence-electron chi connectivity index (χ0n) is 20.7. The number of nitrogens with one attached hydrogen (secondary N) is 1. The summed E-state index contributed by atoms with van der Waals surface area (Å²) < 4.78 is 5.57. The van der Waals surface area contributed by atoms with Crippen molar-refractivity contribution in [3.63, 3.8) is 0 Å². The van der Waals surface area contributed by atoms with E-state index in [1.807, 2.05) is 27.0 Å². The smallest absolute Gasteiger partial charge is 0.309 e. The summed E-state index contributed by atoms with van der Waals surface area (Å²) in [6.07, 6.45) is 8.54. The first kappa shape index (κ1) is 24.6. The highest BCUT2D eigenvalue weighted by molar-refractivity contribution is 6.00. The maximum Gasteiger partial charge on any atom is 0.309 e. The number of nitrogens with zero attached hydrogens (tertiary/aromatic N) is 3. The van der Waals surface area contributed by atoms with Gasteiger partial charge in [0, 0.05) is 32.3 Å². The lowest BCUT2D eigenvalue weighted by Crippen LogP contribution is -2.43. The van der Waals surface area contributed by atoms with Gasteiger partial charge in [-0.2, -0.15) is 0 Å². The number of likely N-dealkylation sites (tertiary alicyclic amines) is 1. The number of hydrogen-bond acceptors (Lipinski definition) is 7. The topological polar surface area (TPSA) is 91.8 Å². The van der Waals surface area contributed by atoms with Gasteiger partial charge in [0.05, 0.1) is 23.7 Å². The average Bonchev–Trinajstić information content (AvgIpc) is 2.79. The van der Waals surface area contributed by atoms with E-state index >= 15 is 0 Å². The fourth-order valence-electron chi connectivity index (χ4n) is 5.30. The van der Waals surface area contributed by atoms with Gasteiger partial charge in [-0.1, -0.05) is 0 Å². The standard InChI is InChI=1S/C26H38N4O4/c1-26(2,3)34-25(33)19-8-10-29(11-9-19)17-18-6-12-30(13-7-18)21-14-20(15-27-16-21)22-4-5-23(31)28-24(22)32/h14-16,18-19,22H,4-13,17H2,1-3H3,(H,28,31,32). The summed E-state index contributed by atoms with van der Waals surface area (Å²) in [5.74, 6) is -0.0761. The quantitative estimate of drug-likeness (QED) is 0.523. The lowest BCUT2D eigenvalue weighted by molar-refractivity contribution is -0.161. The predicted molar refractivity (Wildman–Crippen MR) is 129 cm³/mol. The third-order valence-electron chi connectivity index (χ3n) is 7.21. The van der Waals surface area contributed by atoms with Crippen LogP contribution in [-0.2, 0) is 19.1 Å². The molecule has 3 saturated heterocycles. The van der Waals surface area contributed by atoms with Gasteiger partial charge in [-0.25, -0.2) is 0 Å². The maximum atomic E-state index is 12.4. The molecular weight excluding hydrogens is 432 g/mol. The van der Waals surface area contributed by atoms with Crippen LogP contribution in [0.2, 0.25) is 0 Å². The molecule has 3 aliphatic rings. The number of esters is 1. The molecule has 186 valence electrons. The number of hydrogen-bond donors (Lipinski definition) is 1. The number of carbonyl (C=O) groups is 3. The molecule has 0 bridgehead atoms. The van der Waals surface area contributed by atoms with E-state index in [4.69, 9.17) is 4.74 Å². The third-order valence-corrected chi connectivity index (χ3v) is 7.21. The van der Waals surface area contributed by atoms with Crippen molar-refractivity contribution in [1.82, 2.24) is 15.2 Å². The highest BCUT2D eigenvalue weighted by Gasteiger charge is 2.31. The number of amides is 2. The summed E-state index contributed by atoms with van der Waals surface area (Å²) in [5, 5.41) is 2.44. The molecule has 3 aliphatic heterocycles. The predicted octanol–water partition coefficient (Wildman–Crippen LogP) is 2.87. The van der Waals surface area contributed by atoms with Crippen molar-refractivity contribution in [3.05, 3.63) is 24.0 Å². The van der Waals surface area contributed by atoms with Crippen molar-refractivity contribution < 1.29 is 19.1 Å². The molecule has 4 rings (SSSR count). The number of ether oxygens (including phenoxy) is 1. The van der Waals surface area contributed by atoms with Crippen LogP contribution in [0.5, 0.6) is 0 Å². The minimum atomic E-state index is -0.418. The van der Waals surface area contributed by atoms with Gasteiger partial charge in [0.15, 0.2) is 0 Å². The molecule has 1 N–H and O–H groups in total. The second-order valence-electron chi connectivity index (χ2n) is 11.0. The largest absolute Gasteiger partial charge is 0.460 e. The van der Waals surface area contributed by atoms with E-state index in [0.29, 0.717) is 18.8 Å². The van der Waals surface area contributed by atoms with Crippen LogP contribution in [0.25, 0.3) is 0 Å². The highest BCUT2D eigenvalue weighted by Crippen LogP contribution is 2.30. The molecule has 0 saturated carbocycles. The molecule has 0 spiro atoms. The lowest BCUT2D eigenvalue weighted by Gasteiger charge is -2.38. The van der Waals surface area contributed by atoms with Crippen LogP contribution in [-0.4, -0.2) is 66.0 Å². The number of carbonyl (C=O) groups excluding carboxylic acids is 3. The van der Waals surface area contributed by atoms with Crippen molar-refractivity contribution in [2.24, 2.45) is 11.8 Å². The Morgan fingerprint density at radius 1 is 1.06 bits per heavy atom. The Bertz CT molecular complexity index is 896. The summed E-state index contributed by atoms with van der Waals surface area (Å²) >= 11 is 0. The molecule has 0 aromatic carbocycles. The van der Waals surface area contributed by atoms with Gasteiger partial charge in [0.2, 0.25) is 11.8 Å². The first-order valence-corrected chi connectivity index (χ1v) is 12.7. The summed E-state index contributed by atoms with van der Waals surface area (Å²) in [5.41, 5.74) is 1.52. The van der Waals surface area contributed by atoms with Gasteiger partial charge >= 0.3 is 5.97 Å². The van der Waals surface area contributed by atoms with E-state index in [0.717, 1.165) is 69.7 Å². The number of pyridine rings is 1. The number of imide groups is 1. The Hall–Kier alpha value is -2.48. The van der Waals surface area contributed by atoms with E-state index in [1.54, 1.807) is 6.20 Å². The van der Waals surface area contributed by atoms with Gasteiger partial charge in [0.1, 0.15) is 5.60 Å². The maximum absolute atomic E-state index is 12.4. The Labute approximate surface area is 202 Å². The average molecular weight is 471 g/mol. The van der Waals surface area contributed by atoms with Crippen LogP contribution in [0.1, 0.15) is 70.8 Å². The zero-order chi connectivity index (χ0) is 24.3. The normalized spacial score (nSPS) is 23.6. The Morgan fingerprint density at radius 2 is 1.76 bits per heavy atom. The molecule has 1 atom stereocenters. The van der Waals surface area contributed by atoms with Crippen molar-refractivity contribution in [2.45, 2.75) is 70.8 Å². The molecular formula is C26H38N4O4. The van der Waals surface area contributed by atoms with Crippen LogP contribution in [0, 0.1) is 11.8 Å². The van der Waals surface area contributed by atoms with Crippen molar-refractivity contribution in [1.29, 1.82) is 0 Å². The molecule has 4 heterocycles. The molecule has 1 unspecified atom stereocenters. The fourth-order valence-corrected chi connectivity index (χ4v) is 5.30. The molecule has 8 heteroatoms. The molecule has 1 aromatic rings. The SMILES string of the molecule is CC(C)(C)OC(=O)C1CCN(CC2CCN(c3cncc(C4CCC(=O)NC4=O)c3)CC2)CC1. The van der Waals surface area contributed by atoms with Crippen LogP contribution >= 0.6 is 0 Å². The van der Waals surface area contributed by atoms with Gasteiger partial charge < -0.3 is 14.5 Å². The third kappa shape index (κ3) is 6.34. The molecule has 3 fully saturated rings. The summed E-state index contributed by atoms with van der Waals surface area (Å²) in [7, 11) is 0. The number of rotatable bonds is 5. The van der Waals surface area contributed by atoms with E-state index < -0.39 is 5.60 Å². The first-order chi connectivity index (χ1) is 16.2. The summed E-state index contributed by atoms with van der Waals surface area (Å²) in [4.78, 5) is 45.3. The van der Waals surface area contributed by atoms with Gasteiger partial charge in [-0.15, -0.1) is 0 Å². The first-order valence-electron chi connectivity index (χ1n) is 12.7. The Kier molecular flexibility index (Phi) is 7.55. The highest BCUT2D eigenvalue weighted by atomic mass is 16.6. The molecule has 0 radical (unpaired) electrons. The number of piperidine rings is 3. The lowest BCUT2D eigenvalue weighted by atomic mass is 9.90. The van der Waals surface area contributed by atoms with Crippen molar-refractivity contribution >= 4 is 23.5 Å². The molecule has 8 nitrogen and oxygen atoms in total. The monoisotopic (exact) mass is 470 g/mol. The minimum Gasteiger partial charge on any atom is -0.460 e. The van der Waals surface area contributed by atoms with E-state index in [1.165, 1.54) is 0 Å². The summed E-state index contributed by atoms with van der Waals surface area (Å²) in [6, 6.07) is 2.06. The number of aromatic nitrogens is 1. The van der Waals surface area contributed by atoms with Crippen LogP contribution in [0.4, 0.5) is 5.69 Å². The molecule has 0 aliphatic carbocycles. The van der Waals surface area contributed by atoms with Crippen LogP contribution in [0.15, 0.2) is 18.5 Å².